The second-order valence-electron chi connectivity index (χ2n) is 7.99. The number of aliphatic hydroxyl groups is 1. The lowest BCUT2D eigenvalue weighted by Crippen LogP contribution is -2.58. The maximum Gasteiger partial charge on any atom is 0.327 e. The van der Waals surface area contributed by atoms with Crippen molar-refractivity contribution in [3.05, 3.63) is 17.0 Å². The summed E-state index contributed by atoms with van der Waals surface area (Å²) in [5.74, 6) is 0.247. The molecule has 154 valence electrons. The highest BCUT2D eigenvalue weighted by atomic mass is 16.5. The minimum Gasteiger partial charge on any atom is -0.395 e. The molecule has 9 heteroatoms. The quantitative estimate of drug-likeness (QED) is 0.754. The van der Waals surface area contributed by atoms with E-state index in [1.54, 1.807) is 23.6 Å². The number of carbonyl (C=O) groups is 3. The second kappa shape index (κ2) is 7.54. The zero-order chi connectivity index (χ0) is 20.6. The lowest BCUT2D eigenvalue weighted by molar-refractivity contribution is -0.135. The van der Waals surface area contributed by atoms with Crippen molar-refractivity contribution in [1.29, 1.82) is 0 Å². The largest absolute Gasteiger partial charge is 0.395 e. The summed E-state index contributed by atoms with van der Waals surface area (Å²) in [6.45, 7) is 8.35. The normalized spacial score (nSPS) is 19.4. The van der Waals surface area contributed by atoms with Crippen molar-refractivity contribution < 1.29 is 24.0 Å². The number of likely N-dealkylation sites (tertiary alicyclic amines) is 1. The van der Waals surface area contributed by atoms with Gasteiger partial charge in [-0.15, -0.1) is 0 Å². The maximum absolute atomic E-state index is 13.1. The molecule has 9 nitrogen and oxygen atoms in total. The third kappa shape index (κ3) is 3.17. The summed E-state index contributed by atoms with van der Waals surface area (Å²) >= 11 is 0. The molecule has 4 amide bonds. The molecule has 3 heterocycles. The van der Waals surface area contributed by atoms with Crippen LogP contribution in [0, 0.1) is 19.8 Å². The molecule has 2 aliphatic heterocycles. The first-order chi connectivity index (χ1) is 13.2. The van der Waals surface area contributed by atoms with Crippen LogP contribution in [-0.2, 0) is 4.79 Å². The molecule has 1 spiro atoms. The molecule has 0 atom stereocenters. The molecule has 1 aromatic heterocycles. The molecule has 0 bridgehead atoms. The number of urea groups is 1. The Balaban J connectivity index is 1.82. The van der Waals surface area contributed by atoms with Gasteiger partial charge in [0.15, 0.2) is 0 Å². The first-order valence-electron chi connectivity index (χ1n) is 9.69. The molecule has 0 saturated carbocycles. The minimum absolute atomic E-state index is 0.00423. The molecule has 1 N–H and O–H groups in total. The van der Waals surface area contributed by atoms with Gasteiger partial charge in [-0.2, -0.15) is 0 Å². The minimum atomic E-state index is -0.938. The van der Waals surface area contributed by atoms with Crippen LogP contribution < -0.4 is 0 Å². The topological polar surface area (TPSA) is 107 Å². The van der Waals surface area contributed by atoms with Crippen LogP contribution in [0.1, 0.15) is 48.5 Å². The average molecular weight is 392 g/mol. The number of imide groups is 1. The number of β-amino-alcohol motifs (C(OH)–C–C–N with tert-alkyl or cyclic N) is 1. The lowest BCUT2D eigenvalue weighted by Gasteiger charge is -2.42. The number of aliphatic hydroxyl groups excluding tert-OH is 1. The summed E-state index contributed by atoms with van der Waals surface area (Å²) < 4.78 is 5.10. The predicted octanol–water partition coefficient (Wildman–Crippen LogP) is 1.18. The first-order valence-corrected chi connectivity index (χ1v) is 9.69. The highest BCUT2D eigenvalue weighted by Crippen LogP contribution is 2.38. The zero-order valence-electron chi connectivity index (χ0n) is 16.9. The lowest BCUT2D eigenvalue weighted by atomic mass is 9.85. The Morgan fingerprint density at radius 3 is 2.39 bits per heavy atom. The monoisotopic (exact) mass is 392 g/mol. The van der Waals surface area contributed by atoms with Crippen LogP contribution in [-0.4, -0.2) is 81.1 Å². The number of amides is 4. The summed E-state index contributed by atoms with van der Waals surface area (Å²) in [4.78, 5) is 43.3. The van der Waals surface area contributed by atoms with E-state index in [1.165, 1.54) is 0 Å². The van der Waals surface area contributed by atoms with Gasteiger partial charge in [-0.3, -0.25) is 14.5 Å². The van der Waals surface area contributed by atoms with Gasteiger partial charge in [0.25, 0.3) is 11.8 Å². The van der Waals surface area contributed by atoms with Gasteiger partial charge in [-0.05, 0) is 32.6 Å². The van der Waals surface area contributed by atoms with Crippen molar-refractivity contribution in [2.75, 3.05) is 32.8 Å². The molecule has 0 aromatic carbocycles. The van der Waals surface area contributed by atoms with Crippen LogP contribution in [0.3, 0.4) is 0 Å². The Hall–Kier alpha value is -2.42. The first kappa shape index (κ1) is 20.3. The molecule has 2 saturated heterocycles. The number of aromatic nitrogens is 1. The SMILES string of the molecule is Cc1noc(C)c1C(=O)N1CCC2(CC1)C(=O)N(CCO)C(=O)N2CC(C)C. The smallest absolute Gasteiger partial charge is 0.327 e. The fourth-order valence-corrected chi connectivity index (χ4v) is 4.21. The molecular formula is C19H28N4O5. The fraction of sp³-hybridized carbons (Fsp3) is 0.684. The van der Waals surface area contributed by atoms with Crippen LogP contribution in [0.2, 0.25) is 0 Å². The third-order valence-electron chi connectivity index (χ3n) is 5.62. The van der Waals surface area contributed by atoms with Gasteiger partial charge >= 0.3 is 6.03 Å². The van der Waals surface area contributed by atoms with Gasteiger partial charge in [0, 0.05) is 19.6 Å². The van der Waals surface area contributed by atoms with E-state index in [9.17, 15) is 19.5 Å². The van der Waals surface area contributed by atoms with Crippen LogP contribution in [0.15, 0.2) is 4.52 Å². The number of rotatable bonds is 5. The number of hydrogen-bond acceptors (Lipinski definition) is 6. The third-order valence-corrected chi connectivity index (χ3v) is 5.62. The molecule has 1 aromatic rings. The van der Waals surface area contributed by atoms with Crippen molar-refractivity contribution in [2.45, 2.75) is 46.1 Å². The highest BCUT2D eigenvalue weighted by Gasteiger charge is 2.58. The van der Waals surface area contributed by atoms with E-state index >= 15 is 0 Å². The molecule has 3 rings (SSSR count). The van der Waals surface area contributed by atoms with Crippen molar-refractivity contribution in [3.63, 3.8) is 0 Å². The Labute approximate surface area is 164 Å². The second-order valence-corrected chi connectivity index (χ2v) is 7.99. The van der Waals surface area contributed by atoms with E-state index in [4.69, 9.17) is 4.52 Å². The Bertz CT molecular complexity index is 760. The standard InChI is InChI=1S/C19H28N4O5/c1-12(2)11-23-18(27)22(9-10-24)17(26)19(23)5-7-21(8-6-19)16(25)15-13(3)20-28-14(15)4/h12,24H,5-11H2,1-4H3. The van der Waals surface area contributed by atoms with Crippen molar-refractivity contribution in [2.24, 2.45) is 5.92 Å². The zero-order valence-corrected chi connectivity index (χ0v) is 16.9. The van der Waals surface area contributed by atoms with Crippen molar-refractivity contribution in [3.8, 4) is 0 Å². The molecule has 2 fully saturated rings. The fourth-order valence-electron chi connectivity index (χ4n) is 4.21. The van der Waals surface area contributed by atoms with Gasteiger partial charge in [-0.1, -0.05) is 19.0 Å². The van der Waals surface area contributed by atoms with E-state index in [2.05, 4.69) is 5.16 Å². The highest BCUT2D eigenvalue weighted by molar-refractivity contribution is 6.07. The Morgan fingerprint density at radius 1 is 1.25 bits per heavy atom. The number of carbonyl (C=O) groups excluding carboxylic acids is 3. The number of piperidine rings is 1. The van der Waals surface area contributed by atoms with Gasteiger partial charge < -0.3 is 19.4 Å². The van der Waals surface area contributed by atoms with Crippen LogP contribution >= 0.6 is 0 Å². The van der Waals surface area contributed by atoms with Gasteiger partial charge in [0.2, 0.25) is 0 Å². The van der Waals surface area contributed by atoms with E-state index in [1.807, 2.05) is 13.8 Å². The summed E-state index contributed by atoms with van der Waals surface area (Å²) in [7, 11) is 0. The van der Waals surface area contributed by atoms with Gasteiger partial charge in [0.05, 0.1) is 18.8 Å². The molecule has 0 radical (unpaired) electrons. The average Bonchev–Trinajstić information content (AvgIpc) is 3.08. The van der Waals surface area contributed by atoms with Crippen LogP contribution in [0.25, 0.3) is 0 Å². The van der Waals surface area contributed by atoms with Gasteiger partial charge in [-0.25, -0.2) is 4.79 Å². The van der Waals surface area contributed by atoms with Crippen molar-refractivity contribution >= 4 is 17.8 Å². The van der Waals surface area contributed by atoms with Crippen LogP contribution in [0.4, 0.5) is 4.79 Å². The summed E-state index contributed by atoms with van der Waals surface area (Å²) in [5, 5.41) is 13.1. The van der Waals surface area contributed by atoms with Crippen LogP contribution in [0.5, 0.6) is 0 Å². The number of nitrogens with zero attached hydrogens (tertiary/aromatic N) is 4. The molecule has 0 aliphatic carbocycles. The molecule has 28 heavy (non-hydrogen) atoms. The number of hydrogen-bond donors (Lipinski definition) is 1. The Morgan fingerprint density at radius 2 is 1.89 bits per heavy atom. The predicted molar refractivity (Wildman–Crippen MR) is 99.6 cm³/mol. The maximum atomic E-state index is 13.1. The van der Waals surface area contributed by atoms with E-state index in [0.717, 1.165) is 4.90 Å². The van der Waals surface area contributed by atoms with Crippen molar-refractivity contribution in [1.82, 2.24) is 19.9 Å². The summed E-state index contributed by atoms with van der Waals surface area (Å²) in [5.41, 5.74) is 0.0719. The van der Waals surface area contributed by atoms with E-state index in [0.29, 0.717) is 49.5 Å². The number of aryl methyl sites for hydroxylation is 2. The summed E-state index contributed by atoms with van der Waals surface area (Å²) in [6, 6.07) is -0.349. The molecule has 2 aliphatic rings. The summed E-state index contributed by atoms with van der Waals surface area (Å²) in [6.07, 6.45) is 0.753. The van der Waals surface area contributed by atoms with E-state index < -0.39 is 5.54 Å². The Kier molecular flexibility index (Phi) is 5.47. The van der Waals surface area contributed by atoms with E-state index in [-0.39, 0.29) is 36.9 Å². The van der Waals surface area contributed by atoms with Gasteiger partial charge in [0.1, 0.15) is 16.9 Å². The molecule has 0 unspecified atom stereocenters. The molecular weight excluding hydrogens is 364 g/mol.